The Morgan fingerprint density at radius 3 is 2.20 bits per heavy atom. The molecule has 150 valence electrons. The molecule has 0 radical (unpaired) electrons. The Hall–Kier alpha value is -0.0800. The Labute approximate surface area is 173 Å². The molecular weight excluding hydrogens is 425 g/mol. The molecule has 25 heavy (non-hydrogen) atoms. The largest absolute Gasteiger partial charge is 0.357 e. The van der Waals surface area contributed by atoms with Gasteiger partial charge in [-0.15, -0.1) is 24.0 Å². The molecule has 0 aromatic heterocycles. The monoisotopic (exact) mass is 467 g/mol. The van der Waals surface area contributed by atoms with Gasteiger partial charge in [0.1, 0.15) is 0 Å². The van der Waals surface area contributed by atoms with Crippen LogP contribution in [0.15, 0.2) is 4.99 Å². The van der Waals surface area contributed by atoms with Crippen LogP contribution in [-0.4, -0.2) is 73.2 Å². The quantitative estimate of drug-likeness (QED) is 0.311. The third-order valence-electron chi connectivity index (χ3n) is 4.77. The van der Waals surface area contributed by atoms with Gasteiger partial charge >= 0.3 is 0 Å². The molecule has 1 rings (SSSR count). The first-order valence-corrected chi connectivity index (χ1v) is 10.0. The average Bonchev–Trinajstić information content (AvgIpc) is 2.53. The zero-order valence-electron chi connectivity index (χ0n) is 17.3. The SMILES string of the molecule is CCCN1CCC(NC(=NCCN(C(C)C)C(C)C)NCC)CC1.I. The lowest BCUT2D eigenvalue weighted by Crippen LogP contribution is -2.49. The lowest BCUT2D eigenvalue weighted by Gasteiger charge is -2.33. The molecule has 1 heterocycles. The lowest BCUT2D eigenvalue weighted by atomic mass is 10.1. The second-order valence-electron chi connectivity index (χ2n) is 7.45. The van der Waals surface area contributed by atoms with Crippen molar-refractivity contribution in [3.63, 3.8) is 0 Å². The second-order valence-corrected chi connectivity index (χ2v) is 7.45. The molecule has 0 saturated carbocycles. The maximum absolute atomic E-state index is 4.81. The molecule has 1 aliphatic rings. The zero-order valence-corrected chi connectivity index (χ0v) is 19.7. The van der Waals surface area contributed by atoms with E-state index in [0.29, 0.717) is 18.1 Å². The van der Waals surface area contributed by atoms with Crippen molar-refractivity contribution >= 4 is 29.9 Å². The normalized spacial score (nSPS) is 17.2. The minimum atomic E-state index is 0. The fraction of sp³-hybridized carbons (Fsp3) is 0.947. The van der Waals surface area contributed by atoms with Crippen molar-refractivity contribution in [2.45, 2.75) is 78.9 Å². The molecule has 6 heteroatoms. The van der Waals surface area contributed by atoms with Crippen molar-refractivity contribution in [2.24, 2.45) is 4.99 Å². The van der Waals surface area contributed by atoms with Gasteiger partial charge in [-0.1, -0.05) is 6.92 Å². The number of aliphatic imine (C=N–C) groups is 1. The summed E-state index contributed by atoms with van der Waals surface area (Å²) in [5.74, 6) is 0.985. The van der Waals surface area contributed by atoms with Gasteiger partial charge in [0.05, 0.1) is 6.54 Å². The zero-order chi connectivity index (χ0) is 17.9. The lowest BCUT2D eigenvalue weighted by molar-refractivity contribution is 0.180. The Bertz CT molecular complexity index is 344. The summed E-state index contributed by atoms with van der Waals surface area (Å²) >= 11 is 0. The molecule has 5 nitrogen and oxygen atoms in total. The Balaban J connectivity index is 0.00000576. The van der Waals surface area contributed by atoms with E-state index < -0.39 is 0 Å². The van der Waals surface area contributed by atoms with Crippen LogP contribution in [-0.2, 0) is 0 Å². The van der Waals surface area contributed by atoms with Crippen LogP contribution < -0.4 is 10.6 Å². The van der Waals surface area contributed by atoms with E-state index in [4.69, 9.17) is 4.99 Å². The van der Waals surface area contributed by atoms with Crippen molar-refractivity contribution in [3.8, 4) is 0 Å². The third kappa shape index (κ3) is 9.99. The number of halogens is 1. The molecule has 0 aliphatic carbocycles. The van der Waals surface area contributed by atoms with Crippen molar-refractivity contribution in [1.29, 1.82) is 0 Å². The summed E-state index contributed by atoms with van der Waals surface area (Å²) in [5, 5.41) is 7.05. The Kier molecular flexibility index (Phi) is 14.0. The number of hydrogen-bond donors (Lipinski definition) is 2. The predicted octanol–water partition coefficient (Wildman–Crippen LogP) is 3.15. The summed E-state index contributed by atoms with van der Waals surface area (Å²) in [7, 11) is 0. The molecule has 1 saturated heterocycles. The molecule has 0 atom stereocenters. The van der Waals surface area contributed by atoms with E-state index >= 15 is 0 Å². The van der Waals surface area contributed by atoms with Gasteiger partial charge in [0.2, 0.25) is 0 Å². The highest BCUT2D eigenvalue weighted by Gasteiger charge is 2.19. The first-order valence-electron chi connectivity index (χ1n) is 10.0. The van der Waals surface area contributed by atoms with Crippen LogP contribution in [0.2, 0.25) is 0 Å². The van der Waals surface area contributed by atoms with Gasteiger partial charge < -0.3 is 15.5 Å². The topological polar surface area (TPSA) is 42.9 Å². The van der Waals surface area contributed by atoms with Gasteiger partial charge in [0.25, 0.3) is 0 Å². The highest BCUT2D eigenvalue weighted by molar-refractivity contribution is 14.0. The minimum Gasteiger partial charge on any atom is -0.357 e. The van der Waals surface area contributed by atoms with Crippen LogP contribution in [0.3, 0.4) is 0 Å². The third-order valence-corrected chi connectivity index (χ3v) is 4.77. The smallest absolute Gasteiger partial charge is 0.191 e. The van der Waals surface area contributed by atoms with Crippen molar-refractivity contribution in [2.75, 3.05) is 39.3 Å². The van der Waals surface area contributed by atoms with Crippen molar-refractivity contribution in [1.82, 2.24) is 20.4 Å². The maximum atomic E-state index is 4.81. The number of nitrogens with zero attached hydrogens (tertiary/aromatic N) is 3. The first-order chi connectivity index (χ1) is 11.5. The molecule has 0 aromatic carbocycles. The summed E-state index contributed by atoms with van der Waals surface area (Å²) < 4.78 is 0. The van der Waals surface area contributed by atoms with Crippen LogP contribution >= 0.6 is 24.0 Å². The predicted molar refractivity (Wildman–Crippen MR) is 121 cm³/mol. The number of rotatable bonds is 9. The first kappa shape index (κ1) is 24.9. The van der Waals surface area contributed by atoms with E-state index in [9.17, 15) is 0 Å². The van der Waals surface area contributed by atoms with Gasteiger partial charge in [0, 0.05) is 44.3 Å². The molecule has 0 amide bonds. The molecule has 0 unspecified atom stereocenters. The van der Waals surface area contributed by atoms with Crippen LogP contribution in [0.1, 0.15) is 60.8 Å². The molecule has 0 bridgehead atoms. The number of piperidine rings is 1. The van der Waals surface area contributed by atoms with E-state index in [0.717, 1.165) is 25.6 Å². The van der Waals surface area contributed by atoms with Crippen molar-refractivity contribution in [3.05, 3.63) is 0 Å². The fourth-order valence-electron chi connectivity index (χ4n) is 3.52. The number of likely N-dealkylation sites (tertiary alicyclic amines) is 1. The minimum absolute atomic E-state index is 0. The standard InChI is InChI=1S/C19H41N5.HI/c1-7-12-23-13-9-18(10-14-23)22-19(20-8-2)21-11-15-24(16(3)4)17(5)6;/h16-18H,7-15H2,1-6H3,(H2,20,21,22);1H. The second kappa shape index (κ2) is 14.0. The summed E-state index contributed by atoms with van der Waals surface area (Å²) in [4.78, 5) is 9.88. The van der Waals surface area contributed by atoms with Gasteiger partial charge in [-0.3, -0.25) is 9.89 Å². The van der Waals surface area contributed by atoms with Crippen LogP contribution in [0.4, 0.5) is 0 Å². The highest BCUT2D eigenvalue weighted by atomic mass is 127. The number of guanidine groups is 1. The van der Waals surface area contributed by atoms with E-state index in [2.05, 4.69) is 62.0 Å². The molecule has 0 aromatic rings. The Morgan fingerprint density at radius 2 is 1.72 bits per heavy atom. The average molecular weight is 467 g/mol. The number of nitrogens with one attached hydrogen (secondary N) is 2. The van der Waals surface area contributed by atoms with Crippen LogP contribution in [0.5, 0.6) is 0 Å². The summed E-state index contributed by atoms with van der Waals surface area (Å²) in [6.07, 6.45) is 3.69. The fourth-order valence-corrected chi connectivity index (χ4v) is 3.52. The van der Waals surface area contributed by atoms with E-state index in [1.54, 1.807) is 0 Å². The van der Waals surface area contributed by atoms with E-state index in [-0.39, 0.29) is 24.0 Å². The molecule has 0 spiro atoms. The highest BCUT2D eigenvalue weighted by Crippen LogP contribution is 2.10. The Morgan fingerprint density at radius 1 is 1.12 bits per heavy atom. The molecular formula is C19H42IN5. The molecule has 1 fully saturated rings. The summed E-state index contributed by atoms with van der Waals surface area (Å²) in [5.41, 5.74) is 0. The van der Waals surface area contributed by atoms with Gasteiger partial charge in [-0.2, -0.15) is 0 Å². The number of hydrogen-bond acceptors (Lipinski definition) is 3. The van der Waals surface area contributed by atoms with E-state index in [1.807, 2.05) is 0 Å². The van der Waals surface area contributed by atoms with E-state index in [1.165, 1.54) is 38.9 Å². The summed E-state index contributed by atoms with van der Waals surface area (Å²) in [6, 6.07) is 1.69. The van der Waals surface area contributed by atoms with Crippen LogP contribution in [0, 0.1) is 0 Å². The van der Waals surface area contributed by atoms with Gasteiger partial charge in [-0.05, 0) is 60.4 Å². The van der Waals surface area contributed by atoms with Crippen molar-refractivity contribution < 1.29 is 0 Å². The van der Waals surface area contributed by atoms with Gasteiger partial charge in [0.15, 0.2) is 5.96 Å². The van der Waals surface area contributed by atoms with Gasteiger partial charge in [-0.25, -0.2) is 0 Å². The molecule has 2 N–H and O–H groups in total. The summed E-state index contributed by atoms with van der Waals surface area (Å²) in [6.45, 7) is 19.9. The maximum Gasteiger partial charge on any atom is 0.191 e. The molecule has 1 aliphatic heterocycles. The van der Waals surface area contributed by atoms with Crippen LogP contribution in [0.25, 0.3) is 0 Å².